The third kappa shape index (κ3) is 4.34. The molecule has 5 nitrogen and oxygen atoms in total. The number of hydrogen-bond acceptors (Lipinski definition) is 3. The summed E-state index contributed by atoms with van der Waals surface area (Å²) in [4.78, 5) is 25.0. The third-order valence-corrected chi connectivity index (χ3v) is 5.59. The molecule has 2 aromatic rings. The molecule has 2 aromatic carbocycles. The van der Waals surface area contributed by atoms with Gasteiger partial charge in [-0.3, -0.25) is 9.59 Å². The van der Waals surface area contributed by atoms with Crippen molar-refractivity contribution in [2.24, 2.45) is 0 Å². The van der Waals surface area contributed by atoms with E-state index in [0.29, 0.717) is 36.3 Å². The number of rotatable bonds is 5. The number of carbonyl (C=O) groups is 2. The van der Waals surface area contributed by atoms with Crippen molar-refractivity contribution in [3.05, 3.63) is 65.7 Å². The molecule has 31 heavy (non-hydrogen) atoms. The summed E-state index contributed by atoms with van der Waals surface area (Å²) in [5.41, 5.74) is 1.33. The maximum atomic E-state index is 13.8. The predicted molar refractivity (Wildman–Crippen MR) is 109 cm³/mol. The molecule has 0 unspecified atom stereocenters. The lowest BCUT2D eigenvalue weighted by Crippen LogP contribution is -2.28. The lowest BCUT2D eigenvalue weighted by molar-refractivity contribution is -0.137. The molecule has 0 spiro atoms. The first-order valence-electron chi connectivity index (χ1n) is 9.91. The summed E-state index contributed by atoms with van der Waals surface area (Å²) >= 11 is 0. The van der Waals surface area contributed by atoms with Crippen molar-refractivity contribution in [3.8, 4) is 11.1 Å². The van der Waals surface area contributed by atoms with Gasteiger partial charge in [-0.1, -0.05) is 30.8 Å². The number of carbonyl (C=O) groups excluding carboxylic acids is 2. The van der Waals surface area contributed by atoms with Crippen LogP contribution in [-0.2, 0) is 33.5 Å². The molecule has 0 aliphatic carbocycles. The number of nitrogens with zero attached hydrogens (tertiary/aromatic N) is 1. The summed E-state index contributed by atoms with van der Waals surface area (Å²) in [5.74, 6) is -0.370. The van der Waals surface area contributed by atoms with Gasteiger partial charge in [-0.25, -0.2) is 0 Å². The van der Waals surface area contributed by atoms with Crippen LogP contribution in [0.4, 0.5) is 18.9 Å². The van der Waals surface area contributed by atoms with Crippen LogP contribution in [0.5, 0.6) is 0 Å². The highest BCUT2D eigenvalue weighted by Gasteiger charge is 2.35. The lowest BCUT2D eigenvalue weighted by atomic mass is 9.93. The molecule has 2 heterocycles. The van der Waals surface area contributed by atoms with Crippen molar-refractivity contribution in [3.63, 3.8) is 0 Å². The van der Waals surface area contributed by atoms with Gasteiger partial charge in [-0.05, 0) is 46.9 Å². The number of anilines is 1. The highest BCUT2D eigenvalue weighted by molar-refractivity contribution is 6.00. The topological polar surface area (TPSA) is 58.6 Å². The van der Waals surface area contributed by atoms with E-state index in [1.807, 2.05) is 0 Å². The van der Waals surface area contributed by atoms with E-state index in [0.717, 1.165) is 11.6 Å². The molecule has 0 bridgehead atoms. The van der Waals surface area contributed by atoms with E-state index in [1.54, 1.807) is 29.2 Å². The van der Waals surface area contributed by atoms with E-state index < -0.39 is 11.7 Å². The van der Waals surface area contributed by atoms with Crippen molar-refractivity contribution in [1.82, 2.24) is 4.90 Å². The molecule has 2 amide bonds. The minimum Gasteiger partial charge on any atom is -0.372 e. The van der Waals surface area contributed by atoms with Crippen LogP contribution in [0.15, 0.2) is 49.1 Å². The highest BCUT2D eigenvalue weighted by Crippen LogP contribution is 2.41. The number of amides is 2. The molecule has 1 fully saturated rings. The van der Waals surface area contributed by atoms with Crippen molar-refractivity contribution in [2.45, 2.75) is 31.7 Å². The van der Waals surface area contributed by atoms with Crippen molar-refractivity contribution in [1.29, 1.82) is 0 Å². The number of alkyl halides is 3. The van der Waals surface area contributed by atoms with Gasteiger partial charge in [0.25, 0.3) is 0 Å². The Morgan fingerprint density at radius 3 is 2.84 bits per heavy atom. The number of halogens is 3. The Kier molecular flexibility index (Phi) is 5.58. The zero-order valence-corrected chi connectivity index (χ0v) is 16.7. The number of hydrogen-bond donors (Lipinski definition) is 1. The van der Waals surface area contributed by atoms with Crippen molar-refractivity contribution < 1.29 is 27.5 Å². The molecule has 162 valence electrons. The van der Waals surface area contributed by atoms with E-state index in [-0.39, 0.29) is 36.5 Å². The van der Waals surface area contributed by atoms with Crippen LogP contribution < -0.4 is 5.32 Å². The van der Waals surface area contributed by atoms with Crippen LogP contribution in [-0.4, -0.2) is 35.9 Å². The molecule has 2 aliphatic heterocycles. The van der Waals surface area contributed by atoms with Crippen LogP contribution >= 0.6 is 0 Å². The average molecular weight is 430 g/mol. The molecule has 0 saturated carbocycles. The SMILES string of the molecule is C=CC(=O)N1CC[C@H](OCc2cccc(C(F)(F)F)c2-c2ccc3c(c2)NC(=O)C3)C1. The van der Waals surface area contributed by atoms with Gasteiger partial charge in [0, 0.05) is 18.8 Å². The maximum absolute atomic E-state index is 13.8. The molecule has 0 aromatic heterocycles. The van der Waals surface area contributed by atoms with E-state index in [9.17, 15) is 22.8 Å². The van der Waals surface area contributed by atoms with Gasteiger partial charge in [0.2, 0.25) is 11.8 Å². The fourth-order valence-corrected chi connectivity index (χ4v) is 4.07. The Bertz CT molecular complexity index is 1050. The normalized spacial score (nSPS) is 18.1. The molecule has 4 rings (SSSR count). The largest absolute Gasteiger partial charge is 0.417 e. The van der Waals surface area contributed by atoms with E-state index in [4.69, 9.17) is 4.74 Å². The minimum atomic E-state index is -4.55. The van der Waals surface area contributed by atoms with E-state index in [1.165, 1.54) is 12.1 Å². The molecule has 2 aliphatic rings. The van der Waals surface area contributed by atoms with Crippen molar-refractivity contribution in [2.75, 3.05) is 18.4 Å². The van der Waals surface area contributed by atoms with Crippen LogP contribution in [0.2, 0.25) is 0 Å². The number of fused-ring (bicyclic) bond motifs is 1. The van der Waals surface area contributed by atoms with Gasteiger partial charge in [0.1, 0.15) is 0 Å². The molecular formula is C23H21F3N2O3. The van der Waals surface area contributed by atoms with Gasteiger partial charge < -0.3 is 15.0 Å². The standard InChI is InChI=1S/C23H21F3N2O3/c1-2-21(30)28-9-8-17(12-28)31-13-16-4-3-5-18(23(24,25)26)22(16)15-7-6-14-11-20(29)27-19(14)10-15/h2-7,10,17H,1,8-9,11-13H2,(H,27,29)/t17-/m0/s1. The average Bonchev–Trinajstić information content (AvgIpc) is 3.35. The Balaban J connectivity index is 1.63. The zero-order chi connectivity index (χ0) is 22.2. The van der Waals surface area contributed by atoms with E-state index in [2.05, 4.69) is 11.9 Å². The summed E-state index contributed by atoms with van der Waals surface area (Å²) in [6.07, 6.45) is -2.74. The molecule has 1 saturated heterocycles. The maximum Gasteiger partial charge on any atom is 0.417 e. The van der Waals surface area contributed by atoms with Crippen LogP contribution in [0.1, 0.15) is 23.1 Å². The van der Waals surface area contributed by atoms with Gasteiger partial charge in [0.15, 0.2) is 0 Å². The molecular weight excluding hydrogens is 409 g/mol. The molecule has 0 radical (unpaired) electrons. The molecule has 1 N–H and O–H groups in total. The summed E-state index contributed by atoms with van der Waals surface area (Å²) in [5, 5.41) is 2.69. The van der Waals surface area contributed by atoms with Crippen molar-refractivity contribution >= 4 is 17.5 Å². The van der Waals surface area contributed by atoms with Gasteiger partial charge in [-0.15, -0.1) is 0 Å². The Labute approximate surface area is 177 Å². The minimum absolute atomic E-state index is 0.0243. The van der Waals surface area contributed by atoms with Crippen LogP contribution in [0.3, 0.4) is 0 Å². The van der Waals surface area contributed by atoms with Crippen LogP contribution in [0, 0.1) is 0 Å². The summed E-state index contributed by atoms with van der Waals surface area (Å²) in [6.45, 7) is 4.34. The second kappa shape index (κ2) is 8.19. The van der Waals surface area contributed by atoms with E-state index >= 15 is 0 Å². The second-order valence-electron chi connectivity index (χ2n) is 7.64. The number of benzene rings is 2. The number of likely N-dealkylation sites (tertiary alicyclic amines) is 1. The first-order chi connectivity index (χ1) is 14.8. The quantitative estimate of drug-likeness (QED) is 0.725. The molecule has 8 heteroatoms. The van der Waals surface area contributed by atoms with Gasteiger partial charge in [0.05, 0.1) is 24.7 Å². The number of ether oxygens (including phenoxy) is 1. The monoisotopic (exact) mass is 430 g/mol. The van der Waals surface area contributed by atoms with Gasteiger partial charge >= 0.3 is 6.18 Å². The lowest BCUT2D eigenvalue weighted by Gasteiger charge is -2.20. The molecule has 1 atom stereocenters. The van der Waals surface area contributed by atoms with Crippen LogP contribution in [0.25, 0.3) is 11.1 Å². The first-order valence-corrected chi connectivity index (χ1v) is 9.91. The fraction of sp³-hybridized carbons (Fsp3) is 0.304. The van der Waals surface area contributed by atoms with Gasteiger partial charge in [-0.2, -0.15) is 13.2 Å². The Hall–Kier alpha value is -3.13. The summed E-state index contributed by atoms with van der Waals surface area (Å²) in [7, 11) is 0. The Morgan fingerprint density at radius 1 is 1.29 bits per heavy atom. The zero-order valence-electron chi connectivity index (χ0n) is 16.7. The Morgan fingerprint density at radius 2 is 2.10 bits per heavy atom. The predicted octanol–water partition coefficient (Wildman–Crippen LogP) is 4.17. The summed E-state index contributed by atoms with van der Waals surface area (Å²) < 4.78 is 47.3. The fourth-order valence-electron chi connectivity index (χ4n) is 4.07. The second-order valence-corrected chi connectivity index (χ2v) is 7.64. The first kappa shape index (κ1) is 21.1. The summed E-state index contributed by atoms with van der Waals surface area (Å²) in [6, 6.07) is 8.88. The highest BCUT2D eigenvalue weighted by atomic mass is 19.4. The smallest absolute Gasteiger partial charge is 0.372 e. The number of nitrogens with one attached hydrogen (secondary N) is 1. The third-order valence-electron chi connectivity index (χ3n) is 5.59.